The van der Waals surface area contributed by atoms with Crippen LogP contribution in [0, 0.1) is 3.57 Å². The number of thioether (sulfide) groups is 1. The van der Waals surface area contributed by atoms with Gasteiger partial charge in [0.25, 0.3) is 11.1 Å². The molecule has 1 aliphatic heterocycles. The highest BCUT2D eigenvalue weighted by molar-refractivity contribution is 14.1. The Morgan fingerprint density at radius 1 is 0.906 bits per heavy atom. The van der Waals surface area contributed by atoms with Crippen molar-refractivity contribution in [3.63, 3.8) is 0 Å². The quantitative estimate of drug-likeness (QED) is 0.234. The SMILES string of the molecule is O=C1S/C(=C/c2ccc(OCc3ccccc3)c(I)c2)C(=O)N1CCCc1ccccc1. The summed E-state index contributed by atoms with van der Waals surface area (Å²) in [7, 11) is 0. The van der Waals surface area contributed by atoms with Crippen molar-refractivity contribution in [2.45, 2.75) is 19.4 Å². The van der Waals surface area contributed by atoms with Crippen molar-refractivity contribution in [1.82, 2.24) is 4.90 Å². The van der Waals surface area contributed by atoms with Crippen molar-refractivity contribution >= 4 is 51.6 Å². The van der Waals surface area contributed by atoms with Crippen LogP contribution >= 0.6 is 34.4 Å². The highest BCUT2D eigenvalue weighted by Crippen LogP contribution is 2.33. The molecule has 0 bridgehead atoms. The Morgan fingerprint density at radius 3 is 2.28 bits per heavy atom. The predicted molar refractivity (Wildman–Crippen MR) is 137 cm³/mol. The fourth-order valence-electron chi connectivity index (χ4n) is 3.39. The number of carbonyl (C=O) groups is 2. The summed E-state index contributed by atoms with van der Waals surface area (Å²) in [6.07, 6.45) is 3.37. The highest BCUT2D eigenvalue weighted by Gasteiger charge is 2.34. The van der Waals surface area contributed by atoms with Gasteiger partial charge < -0.3 is 4.74 Å². The Labute approximate surface area is 205 Å². The Morgan fingerprint density at radius 2 is 1.59 bits per heavy atom. The van der Waals surface area contributed by atoms with Gasteiger partial charge in [-0.1, -0.05) is 66.7 Å². The van der Waals surface area contributed by atoms with E-state index in [1.807, 2.05) is 66.7 Å². The largest absolute Gasteiger partial charge is 0.488 e. The van der Waals surface area contributed by atoms with E-state index in [0.717, 1.165) is 45.1 Å². The van der Waals surface area contributed by atoms with E-state index in [-0.39, 0.29) is 11.1 Å². The monoisotopic (exact) mass is 555 g/mol. The smallest absolute Gasteiger partial charge is 0.293 e. The first-order chi connectivity index (χ1) is 15.6. The number of nitrogens with zero attached hydrogens (tertiary/aromatic N) is 1. The van der Waals surface area contributed by atoms with Crippen LogP contribution in [0.25, 0.3) is 6.08 Å². The summed E-state index contributed by atoms with van der Waals surface area (Å²) in [5, 5.41) is -0.202. The molecule has 0 saturated carbocycles. The number of ether oxygens (including phenoxy) is 1. The molecule has 1 heterocycles. The van der Waals surface area contributed by atoms with E-state index < -0.39 is 0 Å². The minimum atomic E-state index is -0.215. The Hall–Kier alpha value is -2.58. The maximum Gasteiger partial charge on any atom is 0.293 e. The summed E-state index contributed by atoms with van der Waals surface area (Å²) in [5.41, 5.74) is 3.18. The first kappa shape index (κ1) is 22.6. The molecule has 0 aromatic heterocycles. The zero-order valence-corrected chi connectivity index (χ0v) is 20.3. The number of rotatable bonds is 8. The Kier molecular flexibility index (Phi) is 7.65. The summed E-state index contributed by atoms with van der Waals surface area (Å²) < 4.78 is 6.87. The lowest BCUT2D eigenvalue weighted by Gasteiger charge is -2.12. The minimum Gasteiger partial charge on any atom is -0.488 e. The molecule has 1 saturated heterocycles. The van der Waals surface area contributed by atoms with Crippen molar-refractivity contribution < 1.29 is 14.3 Å². The zero-order chi connectivity index (χ0) is 22.3. The molecule has 32 heavy (non-hydrogen) atoms. The Balaban J connectivity index is 1.37. The van der Waals surface area contributed by atoms with Crippen LogP contribution in [0.3, 0.4) is 0 Å². The average Bonchev–Trinajstić information content (AvgIpc) is 3.07. The van der Waals surface area contributed by atoms with Crippen molar-refractivity contribution in [3.05, 3.63) is 104 Å². The molecule has 4 nitrogen and oxygen atoms in total. The normalized spacial score (nSPS) is 14.9. The van der Waals surface area contributed by atoms with Crippen LogP contribution in [0.1, 0.15) is 23.1 Å². The lowest BCUT2D eigenvalue weighted by Crippen LogP contribution is -2.29. The van der Waals surface area contributed by atoms with Crippen molar-refractivity contribution in [2.24, 2.45) is 0 Å². The molecule has 0 aliphatic carbocycles. The lowest BCUT2D eigenvalue weighted by molar-refractivity contribution is -0.122. The van der Waals surface area contributed by atoms with Gasteiger partial charge in [0.1, 0.15) is 12.4 Å². The molecule has 1 fully saturated rings. The summed E-state index contributed by atoms with van der Waals surface area (Å²) in [4.78, 5) is 26.9. The molecular formula is C26H22INO3S. The van der Waals surface area contributed by atoms with E-state index in [2.05, 4.69) is 34.7 Å². The fourth-order valence-corrected chi connectivity index (χ4v) is 4.95. The number of carbonyl (C=O) groups excluding carboxylic acids is 2. The van der Waals surface area contributed by atoms with Crippen LogP contribution in [0.2, 0.25) is 0 Å². The van der Waals surface area contributed by atoms with E-state index in [9.17, 15) is 9.59 Å². The van der Waals surface area contributed by atoms with Crippen LogP contribution in [0.15, 0.2) is 83.8 Å². The van der Waals surface area contributed by atoms with Gasteiger partial charge in [0, 0.05) is 6.54 Å². The van der Waals surface area contributed by atoms with Gasteiger partial charge in [-0.2, -0.15) is 0 Å². The van der Waals surface area contributed by atoms with E-state index in [1.54, 1.807) is 6.08 Å². The highest BCUT2D eigenvalue weighted by atomic mass is 127. The third-order valence-electron chi connectivity index (χ3n) is 5.05. The van der Waals surface area contributed by atoms with Crippen molar-refractivity contribution in [2.75, 3.05) is 6.54 Å². The van der Waals surface area contributed by atoms with Crippen molar-refractivity contribution in [3.8, 4) is 5.75 Å². The number of halogens is 1. The molecule has 162 valence electrons. The number of hydrogen-bond acceptors (Lipinski definition) is 4. The second-order valence-electron chi connectivity index (χ2n) is 7.39. The number of hydrogen-bond donors (Lipinski definition) is 0. The molecule has 2 amide bonds. The van der Waals surface area contributed by atoms with E-state index in [1.165, 1.54) is 10.5 Å². The summed E-state index contributed by atoms with van der Waals surface area (Å²) in [6, 6.07) is 25.9. The van der Waals surface area contributed by atoms with Gasteiger partial charge in [-0.15, -0.1) is 0 Å². The topological polar surface area (TPSA) is 46.6 Å². The molecule has 0 radical (unpaired) electrons. The molecule has 3 aromatic carbocycles. The summed E-state index contributed by atoms with van der Waals surface area (Å²) in [6.45, 7) is 0.929. The summed E-state index contributed by atoms with van der Waals surface area (Å²) in [5.74, 6) is 0.577. The molecule has 0 unspecified atom stereocenters. The van der Waals surface area contributed by atoms with Crippen LogP contribution in [-0.2, 0) is 17.8 Å². The van der Waals surface area contributed by atoms with Gasteiger partial charge in [0.2, 0.25) is 0 Å². The molecular weight excluding hydrogens is 533 g/mol. The molecule has 0 spiro atoms. The van der Waals surface area contributed by atoms with Gasteiger partial charge >= 0.3 is 0 Å². The molecule has 6 heteroatoms. The van der Waals surface area contributed by atoms with Crippen LogP contribution < -0.4 is 4.74 Å². The number of benzene rings is 3. The molecule has 1 aliphatic rings. The first-order valence-electron chi connectivity index (χ1n) is 10.4. The van der Waals surface area contributed by atoms with Gasteiger partial charge in [-0.3, -0.25) is 14.5 Å². The molecule has 0 N–H and O–H groups in total. The average molecular weight is 555 g/mol. The standard InChI is InChI=1S/C26H22INO3S/c27-22-16-21(13-14-23(22)31-18-20-10-5-2-6-11-20)17-24-25(29)28(26(30)32-24)15-7-12-19-8-3-1-4-9-19/h1-6,8-11,13-14,16-17H,7,12,15,18H2/b24-17+. The molecule has 0 atom stereocenters. The fraction of sp³-hybridized carbons (Fsp3) is 0.154. The minimum absolute atomic E-state index is 0.202. The summed E-state index contributed by atoms with van der Waals surface area (Å²) >= 11 is 3.23. The lowest BCUT2D eigenvalue weighted by atomic mass is 10.1. The zero-order valence-electron chi connectivity index (χ0n) is 17.4. The van der Waals surface area contributed by atoms with E-state index >= 15 is 0 Å². The van der Waals surface area contributed by atoms with Gasteiger partial charge in [0.05, 0.1) is 8.48 Å². The number of imide groups is 1. The third-order valence-corrected chi connectivity index (χ3v) is 6.80. The van der Waals surface area contributed by atoms with Crippen LogP contribution in [0.4, 0.5) is 4.79 Å². The number of amides is 2. The molecule has 4 rings (SSSR count). The van der Waals surface area contributed by atoms with Gasteiger partial charge in [0.15, 0.2) is 0 Å². The molecule has 3 aromatic rings. The maximum atomic E-state index is 12.8. The Bertz CT molecular complexity index is 1130. The van der Waals surface area contributed by atoms with Crippen LogP contribution in [0.5, 0.6) is 5.75 Å². The van der Waals surface area contributed by atoms with Gasteiger partial charge in [-0.05, 0) is 82.1 Å². The second-order valence-corrected chi connectivity index (χ2v) is 9.54. The van der Waals surface area contributed by atoms with Crippen molar-refractivity contribution in [1.29, 1.82) is 0 Å². The third kappa shape index (κ3) is 5.81. The van der Waals surface area contributed by atoms with Gasteiger partial charge in [-0.25, -0.2) is 0 Å². The first-order valence-corrected chi connectivity index (χ1v) is 12.3. The van der Waals surface area contributed by atoms with Crippen LogP contribution in [-0.4, -0.2) is 22.6 Å². The maximum absolute atomic E-state index is 12.8. The predicted octanol–water partition coefficient (Wildman–Crippen LogP) is 6.54. The van der Waals surface area contributed by atoms with E-state index in [0.29, 0.717) is 18.1 Å². The van der Waals surface area contributed by atoms with E-state index in [4.69, 9.17) is 4.74 Å². The second kappa shape index (κ2) is 10.8. The number of aryl methyl sites for hydroxylation is 1.